The molecule has 68 valence electrons. The van der Waals surface area contributed by atoms with Crippen molar-refractivity contribution in [1.82, 2.24) is 0 Å². The van der Waals surface area contributed by atoms with Crippen LogP contribution in [0.4, 0.5) is 0 Å². The Labute approximate surface area is 74.7 Å². The predicted octanol–water partition coefficient (Wildman–Crippen LogP) is 1.18. The third-order valence-electron chi connectivity index (χ3n) is 1.87. The largest absolute Gasteiger partial charge is 0.479 e. The number of carboxylic acid groups (broad SMARTS) is 1. The first-order valence-electron chi connectivity index (χ1n) is 3.85. The van der Waals surface area contributed by atoms with Crippen LogP contribution in [-0.2, 0) is 9.53 Å². The SMILES string of the molecule is O=C(O)[C@H]1OCOc2ccccc21. The van der Waals surface area contributed by atoms with Crippen LogP contribution in [0.5, 0.6) is 5.75 Å². The number of hydrogen-bond donors (Lipinski definition) is 1. The second-order valence-electron chi connectivity index (χ2n) is 2.68. The summed E-state index contributed by atoms with van der Waals surface area (Å²) in [5.41, 5.74) is 0.571. The molecule has 0 radical (unpaired) electrons. The van der Waals surface area contributed by atoms with Gasteiger partial charge in [0.15, 0.2) is 12.9 Å². The zero-order chi connectivity index (χ0) is 9.26. The van der Waals surface area contributed by atoms with E-state index in [1.54, 1.807) is 24.3 Å². The number of rotatable bonds is 1. The molecule has 13 heavy (non-hydrogen) atoms. The van der Waals surface area contributed by atoms with E-state index in [1.165, 1.54) is 0 Å². The average Bonchev–Trinajstić information content (AvgIpc) is 2.17. The molecule has 0 bridgehead atoms. The monoisotopic (exact) mass is 180 g/mol. The molecule has 1 atom stereocenters. The maximum absolute atomic E-state index is 10.7. The molecule has 0 amide bonds. The molecule has 0 saturated heterocycles. The second-order valence-corrected chi connectivity index (χ2v) is 2.68. The van der Waals surface area contributed by atoms with Crippen molar-refractivity contribution < 1.29 is 19.4 Å². The number of carbonyl (C=O) groups is 1. The smallest absolute Gasteiger partial charge is 0.337 e. The fourth-order valence-electron chi connectivity index (χ4n) is 1.29. The van der Waals surface area contributed by atoms with Crippen molar-refractivity contribution >= 4 is 5.97 Å². The van der Waals surface area contributed by atoms with Crippen molar-refractivity contribution in [2.24, 2.45) is 0 Å². The first-order chi connectivity index (χ1) is 6.29. The topological polar surface area (TPSA) is 55.8 Å². The first-order valence-corrected chi connectivity index (χ1v) is 3.85. The maximum Gasteiger partial charge on any atom is 0.337 e. The number of carboxylic acids is 1. The van der Waals surface area contributed by atoms with Crippen molar-refractivity contribution in [3.8, 4) is 5.75 Å². The summed E-state index contributed by atoms with van der Waals surface area (Å²) in [4.78, 5) is 10.7. The molecule has 1 aromatic rings. The lowest BCUT2D eigenvalue weighted by Gasteiger charge is -2.22. The summed E-state index contributed by atoms with van der Waals surface area (Å²) in [5.74, 6) is -0.406. The minimum absolute atomic E-state index is 0.00597. The van der Waals surface area contributed by atoms with E-state index < -0.39 is 12.1 Å². The zero-order valence-corrected chi connectivity index (χ0v) is 6.77. The number of ether oxygens (including phenoxy) is 2. The van der Waals surface area contributed by atoms with E-state index in [4.69, 9.17) is 14.6 Å². The Morgan fingerprint density at radius 2 is 2.23 bits per heavy atom. The van der Waals surface area contributed by atoms with Crippen molar-refractivity contribution in [1.29, 1.82) is 0 Å². The summed E-state index contributed by atoms with van der Waals surface area (Å²) in [6, 6.07) is 6.97. The molecule has 4 heteroatoms. The van der Waals surface area contributed by atoms with Crippen LogP contribution in [0.25, 0.3) is 0 Å². The molecular weight excluding hydrogens is 172 g/mol. The Morgan fingerprint density at radius 3 is 3.00 bits per heavy atom. The molecule has 1 heterocycles. The summed E-state index contributed by atoms with van der Waals surface area (Å²) in [5, 5.41) is 8.80. The van der Waals surface area contributed by atoms with E-state index >= 15 is 0 Å². The highest BCUT2D eigenvalue weighted by Gasteiger charge is 2.27. The minimum Gasteiger partial charge on any atom is -0.479 e. The van der Waals surface area contributed by atoms with Gasteiger partial charge in [0.05, 0.1) is 0 Å². The van der Waals surface area contributed by atoms with Gasteiger partial charge >= 0.3 is 5.97 Å². The van der Waals surface area contributed by atoms with Crippen LogP contribution in [0.3, 0.4) is 0 Å². The van der Waals surface area contributed by atoms with Crippen LogP contribution in [0.2, 0.25) is 0 Å². The quantitative estimate of drug-likeness (QED) is 0.705. The predicted molar refractivity (Wildman–Crippen MR) is 43.4 cm³/mol. The van der Waals surface area contributed by atoms with E-state index in [0.29, 0.717) is 11.3 Å². The maximum atomic E-state index is 10.7. The highest BCUT2D eigenvalue weighted by Crippen LogP contribution is 2.31. The normalized spacial score (nSPS) is 20.2. The van der Waals surface area contributed by atoms with Gasteiger partial charge in [-0.25, -0.2) is 4.79 Å². The van der Waals surface area contributed by atoms with Crippen molar-refractivity contribution in [2.75, 3.05) is 6.79 Å². The molecule has 0 saturated carbocycles. The van der Waals surface area contributed by atoms with Crippen molar-refractivity contribution in [3.63, 3.8) is 0 Å². The average molecular weight is 180 g/mol. The van der Waals surface area contributed by atoms with Gasteiger partial charge in [-0.15, -0.1) is 0 Å². The summed E-state index contributed by atoms with van der Waals surface area (Å²) in [6.45, 7) is -0.00597. The Balaban J connectivity index is 2.42. The van der Waals surface area contributed by atoms with Gasteiger partial charge in [0.1, 0.15) is 5.75 Å². The highest BCUT2D eigenvalue weighted by atomic mass is 16.7. The van der Waals surface area contributed by atoms with Gasteiger partial charge in [-0.1, -0.05) is 18.2 Å². The number of para-hydroxylation sites is 1. The minimum atomic E-state index is -0.990. The van der Waals surface area contributed by atoms with Crippen LogP contribution in [0.15, 0.2) is 24.3 Å². The van der Waals surface area contributed by atoms with Crippen LogP contribution in [0.1, 0.15) is 11.7 Å². The van der Waals surface area contributed by atoms with Gasteiger partial charge in [-0.05, 0) is 6.07 Å². The highest BCUT2D eigenvalue weighted by molar-refractivity contribution is 5.75. The van der Waals surface area contributed by atoms with Crippen LogP contribution >= 0.6 is 0 Å². The molecule has 2 rings (SSSR count). The lowest BCUT2D eigenvalue weighted by Crippen LogP contribution is -2.23. The van der Waals surface area contributed by atoms with E-state index in [2.05, 4.69) is 0 Å². The summed E-state index contributed by atoms with van der Waals surface area (Å²) in [6.07, 6.45) is -0.898. The van der Waals surface area contributed by atoms with Gasteiger partial charge in [0.2, 0.25) is 0 Å². The number of fused-ring (bicyclic) bond motifs is 1. The summed E-state index contributed by atoms with van der Waals surface area (Å²) >= 11 is 0. The zero-order valence-electron chi connectivity index (χ0n) is 6.77. The molecule has 1 N–H and O–H groups in total. The molecule has 0 spiro atoms. The van der Waals surface area contributed by atoms with Crippen LogP contribution < -0.4 is 4.74 Å². The number of aliphatic carboxylic acids is 1. The van der Waals surface area contributed by atoms with Gasteiger partial charge in [-0.3, -0.25) is 0 Å². The Hall–Kier alpha value is -1.55. The molecule has 1 aliphatic heterocycles. The lowest BCUT2D eigenvalue weighted by atomic mass is 10.1. The molecule has 4 nitrogen and oxygen atoms in total. The fourth-order valence-corrected chi connectivity index (χ4v) is 1.29. The van der Waals surface area contributed by atoms with Crippen LogP contribution in [0, 0.1) is 0 Å². The number of benzene rings is 1. The van der Waals surface area contributed by atoms with Gasteiger partial charge < -0.3 is 14.6 Å². The summed E-state index contributed by atoms with van der Waals surface area (Å²) in [7, 11) is 0. The molecular formula is C9H8O4. The first kappa shape index (κ1) is 8.07. The fraction of sp³-hybridized carbons (Fsp3) is 0.222. The molecule has 1 aromatic carbocycles. The molecule has 0 aromatic heterocycles. The third-order valence-corrected chi connectivity index (χ3v) is 1.87. The Kier molecular flexibility index (Phi) is 1.90. The molecule has 0 fully saturated rings. The second kappa shape index (κ2) is 3.06. The van der Waals surface area contributed by atoms with Crippen LogP contribution in [-0.4, -0.2) is 17.9 Å². The van der Waals surface area contributed by atoms with E-state index in [-0.39, 0.29) is 6.79 Å². The standard InChI is InChI=1S/C9H8O4/c10-9(11)8-6-3-1-2-4-7(6)12-5-13-8/h1-4,8H,5H2,(H,10,11)/t8-/m0/s1. The van der Waals surface area contributed by atoms with Crippen molar-refractivity contribution in [2.45, 2.75) is 6.10 Å². The Bertz CT molecular complexity index is 334. The van der Waals surface area contributed by atoms with E-state index in [1.807, 2.05) is 0 Å². The third kappa shape index (κ3) is 1.36. The van der Waals surface area contributed by atoms with Gasteiger partial charge in [0, 0.05) is 5.56 Å². The lowest BCUT2D eigenvalue weighted by molar-refractivity contribution is -0.159. The molecule has 1 aliphatic rings. The van der Waals surface area contributed by atoms with Gasteiger partial charge in [-0.2, -0.15) is 0 Å². The van der Waals surface area contributed by atoms with E-state index in [9.17, 15) is 4.79 Å². The van der Waals surface area contributed by atoms with Gasteiger partial charge in [0.25, 0.3) is 0 Å². The van der Waals surface area contributed by atoms with Crippen molar-refractivity contribution in [3.05, 3.63) is 29.8 Å². The molecule has 0 aliphatic carbocycles. The van der Waals surface area contributed by atoms with E-state index in [0.717, 1.165) is 0 Å². The summed E-state index contributed by atoms with van der Waals surface area (Å²) < 4.78 is 10.1. The molecule has 0 unspecified atom stereocenters. The number of hydrogen-bond acceptors (Lipinski definition) is 3. The Morgan fingerprint density at radius 1 is 1.46 bits per heavy atom.